The van der Waals surface area contributed by atoms with E-state index in [1.165, 1.54) is 48.5 Å². The van der Waals surface area contributed by atoms with Crippen LogP contribution in [0.4, 0.5) is 0 Å². The zero-order chi connectivity index (χ0) is 15.5. The second-order valence-electron chi connectivity index (χ2n) is 5.34. The molecule has 0 fully saturated rings. The van der Waals surface area contributed by atoms with Gasteiger partial charge in [-0.15, -0.1) is 45.3 Å². The number of rotatable bonds is 6. The van der Waals surface area contributed by atoms with Crippen LogP contribution in [-0.2, 0) is 12.8 Å². The summed E-state index contributed by atoms with van der Waals surface area (Å²) >= 11 is 7.54. The van der Waals surface area contributed by atoms with Crippen LogP contribution in [-0.4, -0.2) is 0 Å². The van der Waals surface area contributed by atoms with Crippen molar-refractivity contribution in [2.24, 2.45) is 0 Å². The molecular weight excluding hydrogens is 356 g/mol. The topological polar surface area (TPSA) is 0 Å². The van der Waals surface area contributed by atoms with Gasteiger partial charge in [0.2, 0.25) is 0 Å². The largest absolute Gasteiger partial charge is 0.143 e. The summed E-state index contributed by atoms with van der Waals surface area (Å²) in [7, 11) is 0. The molecule has 23 heavy (non-hydrogen) atoms. The zero-order valence-corrected chi connectivity index (χ0v) is 15.8. The van der Waals surface area contributed by atoms with E-state index in [0.717, 1.165) is 0 Å². The Morgan fingerprint density at radius 2 is 1.09 bits per heavy atom. The SMILES string of the molecule is c1csc(-c2ccc(CCCc3ccc(-c4cccs4)s3)s2)c1. The lowest BCUT2D eigenvalue weighted by atomic mass is 10.2. The molecule has 4 aromatic rings. The molecule has 0 aliphatic rings. The van der Waals surface area contributed by atoms with Crippen molar-refractivity contribution < 1.29 is 0 Å². The van der Waals surface area contributed by atoms with Crippen LogP contribution in [0.2, 0.25) is 0 Å². The van der Waals surface area contributed by atoms with Gasteiger partial charge in [0.15, 0.2) is 0 Å². The fraction of sp³-hybridized carbons (Fsp3) is 0.158. The molecule has 4 rings (SSSR count). The highest BCUT2D eigenvalue weighted by Crippen LogP contribution is 2.34. The summed E-state index contributed by atoms with van der Waals surface area (Å²) in [6.45, 7) is 0. The molecule has 116 valence electrons. The van der Waals surface area contributed by atoms with Gasteiger partial charge in [-0.3, -0.25) is 0 Å². The summed E-state index contributed by atoms with van der Waals surface area (Å²) in [5.74, 6) is 0. The van der Waals surface area contributed by atoms with Crippen LogP contribution >= 0.6 is 45.3 Å². The van der Waals surface area contributed by atoms with Crippen molar-refractivity contribution in [1.82, 2.24) is 0 Å². The van der Waals surface area contributed by atoms with E-state index in [1.807, 2.05) is 45.3 Å². The second kappa shape index (κ2) is 7.14. The zero-order valence-electron chi connectivity index (χ0n) is 12.5. The molecular formula is C19H16S4. The highest BCUT2D eigenvalue weighted by atomic mass is 32.1. The monoisotopic (exact) mass is 372 g/mol. The normalized spacial score (nSPS) is 11.1. The van der Waals surface area contributed by atoms with Crippen molar-refractivity contribution in [1.29, 1.82) is 0 Å². The third kappa shape index (κ3) is 3.66. The lowest BCUT2D eigenvalue weighted by molar-refractivity contribution is 0.842. The maximum atomic E-state index is 2.30. The fourth-order valence-corrected chi connectivity index (χ4v) is 6.33. The number of thiophene rings is 4. The van der Waals surface area contributed by atoms with Crippen molar-refractivity contribution >= 4 is 45.3 Å². The van der Waals surface area contributed by atoms with E-state index >= 15 is 0 Å². The van der Waals surface area contributed by atoms with Gasteiger partial charge >= 0.3 is 0 Å². The van der Waals surface area contributed by atoms with Gasteiger partial charge in [-0.1, -0.05) is 12.1 Å². The Kier molecular flexibility index (Phi) is 4.76. The van der Waals surface area contributed by atoms with E-state index in [-0.39, 0.29) is 0 Å². The Hall–Kier alpha value is -1.20. The van der Waals surface area contributed by atoms with E-state index in [1.54, 1.807) is 0 Å². The van der Waals surface area contributed by atoms with Gasteiger partial charge in [0.1, 0.15) is 0 Å². The maximum Gasteiger partial charge on any atom is 0.0445 e. The molecule has 0 unspecified atom stereocenters. The molecule has 0 saturated heterocycles. The summed E-state index contributed by atoms with van der Waals surface area (Å²) in [5, 5.41) is 4.30. The first-order valence-corrected chi connectivity index (χ1v) is 11.0. The van der Waals surface area contributed by atoms with Crippen LogP contribution in [0.25, 0.3) is 19.5 Å². The summed E-state index contributed by atoms with van der Waals surface area (Å²) in [5.41, 5.74) is 0. The van der Waals surface area contributed by atoms with Gasteiger partial charge in [-0.25, -0.2) is 0 Å². The number of aryl methyl sites for hydroxylation is 2. The van der Waals surface area contributed by atoms with Crippen molar-refractivity contribution in [3.63, 3.8) is 0 Å². The highest BCUT2D eigenvalue weighted by molar-refractivity contribution is 7.21. The van der Waals surface area contributed by atoms with Gasteiger partial charge in [-0.05, 0) is 66.4 Å². The molecule has 0 atom stereocenters. The van der Waals surface area contributed by atoms with Crippen LogP contribution in [0.5, 0.6) is 0 Å². The molecule has 4 heteroatoms. The molecule has 4 heterocycles. The van der Waals surface area contributed by atoms with Crippen LogP contribution in [0.1, 0.15) is 16.2 Å². The minimum absolute atomic E-state index is 1.18. The van der Waals surface area contributed by atoms with Gasteiger partial charge in [0, 0.05) is 29.3 Å². The molecule has 0 amide bonds. The van der Waals surface area contributed by atoms with Crippen LogP contribution in [0.3, 0.4) is 0 Å². The smallest absolute Gasteiger partial charge is 0.0445 e. The molecule has 4 aromatic heterocycles. The van der Waals surface area contributed by atoms with Crippen molar-refractivity contribution in [3.8, 4) is 19.5 Å². The molecule has 0 spiro atoms. The van der Waals surface area contributed by atoms with Crippen molar-refractivity contribution in [2.75, 3.05) is 0 Å². The quantitative estimate of drug-likeness (QED) is 0.330. The minimum Gasteiger partial charge on any atom is -0.143 e. The summed E-state index contributed by atoms with van der Waals surface area (Å²) in [4.78, 5) is 8.60. The fourth-order valence-electron chi connectivity index (χ4n) is 2.56. The summed E-state index contributed by atoms with van der Waals surface area (Å²) in [6, 6.07) is 17.8. The van der Waals surface area contributed by atoms with E-state index in [4.69, 9.17) is 0 Å². The minimum atomic E-state index is 1.18. The van der Waals surface area contributed by atoms with Gasteiger partial charge in [0.05, 0.1) is 0 Å². The van der Waals surface area contributed by atoms with Crippen molar-refractivity contribution in [2.45, 2.75) is 19.3 Å². The first-order chi connectivity index (χ1) is 11.4. The average molecular weight is 373 g/mol. The second-order valence-corrected chi connectivity index (χ2v) is 9.57. The Morgan fingerprint density at radius 1 is 0.565 bits per heavy atom. The molecule has 0 aliphatic heterocycles. The highest BCUT2D eigenvalue weighted by Gasteiger charge is 2.06. The van der Waals surface area contributed by atoms with E-state index in [2.05, 4.69) is 59.3 Å². The Bertz CT molecular complexity index is 775. The predicted octanol–water partition coefficient (Wildman–Crippen LogP) is 7.44. The maximum absolute atomic E-state index is 2.30. The standard InChI is InChI=1S/C19H16S4/c1(4-14-8-10-18(22-14)16-6-2-12-20-16)5-15-9-11-19(23-15)17-7-3-13-21-17/h2-3,6-13H,1,4-5H2. The van der Waals surface area contributed by atoms with E-state index < -0.39 is 0 Å². The third-order valence-corrected chi connectivity index (χ3v) is 8.12. The average Bonchev–Trinajstić information content (AvgIpc) is 3.33. The molecule has 0 aromatic carbocycles. The van der Waals surface area contributed by atoms with Crippen LogP contribution < -0.4 is 0 Å². The third-order valence-electron chi connectivity index (χ3n) is 3.70. The Labute approximate surface area is 152 Å². The van der Waals surface area contributed by atoms with E-state index in [0.29, 0.717) is 0 Å². The lowest BCUT2D eigenvalue weighted by Crippen LogP contribution is -1.84. The van der Waals surface area contributed by atoms with Gasteiger partial charge in [-0.2, -0.15) is 0 Å². The summed E-state index contributed by atoms with van der Waals surface area (Å²) < 4.78 is 0. The molecule has 0 aliphatic carbocycles. The first-order valence-electron chi connectivity index (χ1n) is 7.64. The first kappa shape index (κ1) is 15.3. The lowest BCUT2D eigenvalue weighted by Gasteiger charge is -1.97. The predicted molar refractivity (Wildman–Crippen MR) is 107 cm³/mol. The van der Waals surface area contributed by atoms with Crippen LogP contribution in [0.15, 0.2) is 59.3 Å². The van der Waals surface area contributed by atoms with Crippen LogP contribution in [0, 0.1) is 0 Å². The molecule has 0 N–H and O–H groups in total. The molecule has 0 saturated carbocycles. The van der Waals surface area contributed by atoms with Gasteiger partial charge in [0.25, 0.3) is 0 Å². The number of hydrogen-bond acceptors (Lipinski definition) is 4. The van der Waals surface area contributed by atoms with Gasteiger partial charge < -0.3 is 0 Å². The molecule has 0 bridgehead atoms. The Morgan fingerprint density at radius 3 is 1.52 bits per heavy atom. The van der Waals surface area contributed by atoms with Crippen molar-refractivity contribution in [3.05, 3.63) is 69.0 Å². The molecule has 0 nitrogen and oxygen atoms in total. The Balaban J connectivity index is 1.34. The summed E-state index contributed by atoms with van der Waals surface area (Å²) in [6.07, 6.45) is 3.60. The number of hydrogen-bond donors (Lipinski definition) is 0. The van der Waals surface area contributed by atoms with E-state index in [9.17, 15) is 0 Å². The molecule has 0 radical (unpaired) electrons.